The lowest BCUT2D eigenvalue weighted by atomic mass is 9.96. The standard InChI is InChI=1S/C16H27N3O3/c1-6-21-14(20)12-8-7-9-19(10-12)11(2)13-17-15(18-22-13)16(3,4)5/h11-12H,6-10H2,1-5H3/t11-,12+/m0/s1. The van der Waals surface area contributed by atoms with Gasteiger partial charge < -0.3 is 9.26 Å². The number of carbonyl (C=O) groups is 1. The number of likely N-dealkylation sites (tertiary alicyclic amines) is 1. The molecule has 0 bridgehead atoms. The number of nitrogens with zero attached hydrogens (tertiary/aromatic N) is 3. The summed E-state index contributed by atoms with van der Waals surface area (Å²) in [4.78, 5) is 18.7. The molecule has 1 aromatic heterocycles. The van der Waals surface area contributed by atoms with Gasteiger partial charge in [0, 0.05) is 12.0 Å². The van der Waals surface area contributed by atoms with Crippen molar-refractivity contribution in [2.75, 3.05) is 19.7 Å². The van der Waals surface area contributed by atoms with E-state index >= 15 is 0 Å². The topological polar surface area (TPSA) is 68.5 Å². The highest BCUT2D eigenvalue weighted by Crippen LogP contribution is 2.28. The van der Waals surface area contributed by atoms with Crippen LogP contribution in [0.2, 0.25) is 0 Å². The summed E-state index contributed by atoms with van der Waals surface area (Å²) in [6.07, 6.45) is 1.87. The quantitative estimate of drug-likeness (QED) is 0.797. The van der Waals surface area contributed by atoms with Crippen LogP contribution in [-0.2, 0) is 14.9 Å². The molecule has 6 nitrogen and oxygen atoms in total. The average Bonchev–Trinajstić information content (AvgIpc) is 2.97. The van der Waals surface area contributed by atoms with E-state index in [0.29, 0.717) is 24.9 Å². The van der Waals surface area contributed by atoms with Crippen molar-refractivity contribution in [2.24, 2.45) is 5.92 Å². The van der Waals surface area contributed by atoms with E-state index in [-0.39, 0.29) is 23.3 Å². The largest absolute Gasteiger partial charge is 0.466 e. The summed E-state index contributed by atoms with van der Waals surface area (Å²) in [6.45, 7) is 12.1. The molecule has 1 aliphatic rings. The van der Waals surface area contributed by atoms with Gasteiger partial charge in [-0.2, -0.15) is 4.98 Å². The Morgan fingerprint density at radius 3 is 2.82 bits per heavy atom. The van der Waals surface area contributed by atoms with E-state index in [0.717, 1.165) is 19.4 Å². The summed E-state index contributed by atoms with van der Waals surface area (Å²) in [6, 6.07) is 0.0147. The van der Waals surface area contributed by atoms with Crippen LogP contribution >= 0.6 is 0 Å². The van der Waals surface area contributed by atoms with Crippen molar-refractivity contribution in [3.05, 3.63) is 11.7 Å². The van der Waals surface area contributed by atoms with Crippen molar-refractivity contribution in [3.63, 3.8) is 0 Å². The van der Waals surface area contributed by atoms with E-state index in [9.17, 15) is 4.79 Å². The smallest absolute Gasteiger partial charge is 0.310 e. The van der Waals surface area contributed by atoms with Gasteiger partial charge in [0.05, 0.1) is 18.6 Å². The fourth-order valence-electron chi connectivity index (χ4n) is 2.68. The third-order valence-electron chi connectivity index (χ3n) is 4.09. The van der Waals surface area contributed by atoms with Crippen molar-refractivity contribution in [1.82, 2.24) is 15.0 Å². The van der Waals surface area contributed by atoms with Crippen LogP contribution in [0.1, 0.15) is 65.2 Å². The first-order chi connectivity index (χ1) is 10.3. The molecule has 2 atom stereocenters. The second kappa shape index (κ2) is 6.77. The van der Waals surface area contributed by atoms with Gasteiger partial charge in [-0.25, -0.2) is 0 Å². The van der Waals surface area contributed by atoms with Crippen molar-refractivity contribution in [1.29, 1.82) is 0 Å². The molecule has 0 aliphatic carbocycles. The molecule has 0 aromatic carbocycles. The van der Waals surface area contributed by atoms with Crippen molar-refractivity contribution < 1.29 is 14.1 Å². The Hall–Kier alpha value is -1.43. The lowest BCUT2D eigenvalue weighted by Crippen LogP contribution is -2.40. The molecule has 2 rings (SSSR count). The molecule has 0 spiro atoms. The van der Waals surface area contributed by atoms with Crippen LogP contribution in [0.4, 0.5) is 0 Å². The molecule has 0 saturated carbocycles. The molecule has 1 saturated heterocycles. The molecule has 0 unspecified atom stereocenters. The second-order valence-electron chi connectivity index (χ2n) is 6.97. The van der Waals surface area contributed by atoms with Gasteiger partial charge in [-0.15, -0.1) is 0 Å². The average molecular weight is 309 g/mol. The molecule has 2 heterocycles. The summed E-state index contributed by atoms with van der Waals surface area (Å²) in [5, 5.41) is 4.08. The maximum absolute atomic E-state index is 11.9. The number of esters is 1. The Labute approximate surface area is 132 Å². The zero-order valence-corrected chi connectivity index (χ0v) is 14.3. The van der Waals surface area contributed by atoms with Crippen molar-refractivity contribution in [3.8, 4) is 0 Å². The van der Waals surface area contributed by atoms with Gasteiger partial charge in [-0.05, 0) is 33.2 Å². The lowest BCUT2D eigenvalue weighted by Gasteiger charge is -2.34. The number of aromatic nitrogens is 2. The fourth-order valence-corrected chi connectivity index (χ4v) is 2.68. The molecule has 1 fully saturated rings. The molecule has 1 aromatic rings. The molecule has 22 heavy (non-hydrogen) atoms. The Morgan fingerprint density at radius 2 is 2.23 bits per heavy atom. The molecule has 0 radical (unpaired) electrons. The number of hydrogen-bond donors (Lipinski definition) is 0. The number of piperidine rings is 1. The summed E-state index contributed by atoms with van der Waals surface area (Å²) >= 11 is 0. The predicted molar refractivity (Wildman–Crippen MR) is 82.3 cm³/mol. The molecule has 6 heteroatoms. The first-order valence-electron chi connectivity index (χ1n) is 8.07. The summed E-state index contributed by atoms with van der Waals surface area (Å²) < 4.78 is 10.6. The minimum absolute atomic E-state index is 0.0147. The monoisotopic (exact) mass is 309 g/mol. The van der Waals surface area contributed by atoms with Crippen LogP contribution in [0.3, 0.4) is 0 Å². The Kier molecular flexibility index (Phi) is 5.21. The predicted octanol–water partition coefficient (Wildman–Crippen LogP) is 2.70. The first kappa shape index (κ1) is 16.9. The van der Waals surface area contributed by atoms with Crippen LogP contribution in [-0.4, -0.2) is 40.7 Å². The normalized spacial score (nSPS) is 21.6. The molecule has 1 aliphatic heterocycles. The van der Waals surface area contributed by atoms with Gasteiger partial charge in [0.1, 0.15) is 0 Å². The number of hydrogen-bond acceptors (Lipinski definition) is 6. The molecule has 124 valence electrons. The summed E-state index contributed by atoms with van der Waals surface area (Å²) in [7, 11) is 0. The third-order valence-corrected chi connectivity index (χ3v) is 4.09. The Bertz CT molecular complexity index is 507. The highest BCUT2D eigenvalue weighted by Gasteiger charge is 2.32. The minimum Gasteiger partial charge on any atom is -0.466 e. The van der Waals surface area contributed by atoms with Crippen LogP contribution in [0, 0.1) is 5.92 Å². The van der Waals surface area contributed by atoms with Gasteiger partial charge in [0.15, 0.2) is 5.82 Å². The molecular weight excluding hydrogens is 282 g/mol. The Morgan fingerprint density at radius 1 is 1.50 bits per heavy atom. The zero-order chi connectivity index (χ0) is 16.3. The first-order valence-corrected chi connectivity index (χ1v) is 8.07. The van der Waals surface area contributed by atoms with Gasteiger partial charge in [-0.3, -0.25) is 9.69 Å². The molecular formula is C16H27N3O3. The second-order valence-corrected chi connectivity index (χ2v) is 6.97. The van der Waals surface area contributed by atoms with Gasteiger partial charge in [0.25, 0.3) is 0 Å². The van der Waals surface area contributed by atoms with Crippen molar-refractivity contribution >= 4 is 5.97 Å². The minimum atomic E-state index is -0.128. The lowest BCUT2D eigenvalue weighted by molar-refractivity contribution is -0.150. The highest BCUT2D eigenvalue weighted by atomic mass is 16.5. The number of rotatable bonds is 4. The van der Waals surface area contributed by atoms with E-state index in [1.54, 1.807) is 0 Å². The van der Waals surface area contributed by atoms with Crippen LogP contribution in [0.15, 0.2) is 4.52 Å². The Balaban J connectivity index is 2.04. The van der Waals surface area contributed by atoms with Gasteiger partial charge >= 0.3 is 5.97 Å². The number of carbonyl (C=O) groups excluding carboxylic acids is 1. The number of ether oxygens (including phenoxy) is 1. The highest BCUT2D eigenvalue weighted by molar-refractivity contribution is 5.72. The van der Waals surface area contributed by atoms with Crippen molar-refractivity contribution in [2.45, 2.75) is 58.9 Å². The molecule has 0 N–H and O–H groups in total. The van der Waals surface area contributed by atoms with E-state index in [4.69, 9.17) is 9.26 Å². The zero-order valence-electron chi connectivity index (χ0n) is 14.3. The maximum atomic E-state index is 11.9. The van der Waals surface area contributed by atoms with Gasteiger partial charge in [0.2, 0.25) is 5.89 Å². The van der Waals surface area contributed by atoms with Crippen LogP contribution in [0.5, 0.6) is 0 Å². The maximum Gasteiger partial charge on any atom is 0.310 e. The van der Waals surface area contributed by atoms with E-state index < -0.39 is 0 Å². The van der Waals surface area contributed by atoms with Crippen LogP contribution in [0.25, 0.3) is 0 Å². The SMILES string of the molecule is CCOC(=O)[C@@H]1CCCN([C@@H](C)c2nc(C(C)(C)C)no2)C1. The van der Waals surface area contributed by atoms with Crippen LogP contribution < -0.4 is 0 Å². The third kappa shape index (κ3) is 3.85. The van der Waals surface area contributed by atoms with E-state index in [1.807, 2.05) is 13.8 Å². The summed E-state index contributed by atoms with van der Waals surface area (Å²) in [5.41, 5.74) is -0.128. The van der Waals surface area contributed by atoms with E-state index in [2.05, 4.69) is 35.8 Å². The fraction of sp³-hybridized carbons (Fsp3) is 0.812. The van der Waals surface area contributed by atoms with E-state index in [1.165, 1.54) is 0 Å². The molecule has 0 amide bonds. The summed E-state index contributed by atoms with van der Waals surface area (Å²) in [5.74, 6) is 1.18. The van der Waals surface area contributed by atoms with Gasteiger partial charge in [-0.1, -0.05) is 25.9 Å².